The van der Waals surface area contributed by atoms with Gasteiger partial charge in [-0.15, -0.1) is 0 Å². The highest BCUT2D eigenvalue weighted by Gasteiger charge is 2.43. The van der Waals surface area contributed by atoms with Crippen molar-refractivity contribution < 1.29 is 5.11 Å². The molecule has 2 aliphatic rings. The van der Waals surface area contributed by atoms with E-state index < -0.39 is 5.60 Å². The first kappa shape index (κ1) is 14.3. The molecule has 2 unspecified atom stereocenters. The van der Waals surface area contributed by atoms with E-state index in [1.807, 2.05) is 0 Å². The van der Waals surface area contributed by atoms with Gasteiger partial charge in [0.1, 0.15) is 0 Å². The average molecular weight is 255 g/mol. The van der Waals surface area contributed by atoms with Crippen molar-refractivity contribution in [3.05, 3.63) is 0 Å². The largest absolute Gasteiger partial charge is 0.387 e. The van der Waals surface area contributed by atoms with Crippen LogP contribution in [0.15, 0.2) is 0 Å². The lowest BCUT2D eigenvalue weighted by Crippen LogP contribution is -2.51. The van der Waals surface area contributed by atoms with Crippen LogP contribution in [-0.2, 0) is 0 Å². The number of rotatable bonds is 7. The van der Waals surface area contributed by atoms with E-state index in [0.29, 0.717) is 18.5 Å². The molecule has 2 fully saturated rings. The molecule has 1 aliphatic heterocycles. The second-order valence-corrected chi connectivity index (χ2v) is 6.20. The molecule has 0 aromatic carbocycles. The zero-order valence-electron chi connectivity index (χ0n) is 11.9. The van der Waals surface area contributed by atoms with Crippen LogP contribution in [0.4, 0.5) is 0 Å². The lowest BCUT2D eigenvalue weighted by atomic mass is 9.97. The Morgan fingerprint density at radius 2 is 2.11 bits per heavy atom. The molecule has 0 radical (unpaired) electrons. The van der Waals surface area contributed by atoms with Crippen LogP contribution in [0, 0.1) is 5.92 Å². The lowest BCUT2D eigenvalue weighted by molar-refractivity contribution is -0.00618. The van der Waals surface area contributed by atoms with Gasteiger partial charge in [0.05, 0.1) is 5.60 Å². The minimum Gasteiger partial charge on any atom is -0.387 e. The molecule has 1 aliphatic carbocycles. The summed E-state index contributed by atoms with van der Waals surface area (Å²) in [6, 6.07) is 0.668. The number of aliphatic hydroxyl groups is 1. The molecule has 1 saturated carbocycles. The topological polar surface area (TPSA) is 52.7 Å². The Bertz CT molecular complexity index is 270. The van der Waals surface area contributed by atoms with Gasteiger partial charge in [0.25, 0.3) is 0 Å². The van der Waals surface area contributed by atoms with Crippen LogP contribution >= 0.6 is 0 Å². The molecule has 0 aromatic rings. The minimum atomic E-state index is -0.648. The Kier molecular flexibility index (Phi) is 4.64. The molecule has 1 saturated heterocycles. The van der Waals surface area contributed by atoms with E-state index in [0.717, 1.165) is 32.5 Å². The van der Waals surface area contributed by atoms with Gasteiger partial charge in [0.15, 0.2) is 0 Å². The van der Waals surface area contributed by atoms with Gasteiger partial charge in [-0.2, -0.15) is 0 Å². The highest BCUT2D eigenvalue weighted by atomic mass is 16.3. The van der Waals surface area contributed by atoms with E-state index >= 15 is 0 Å². The Balaban J connectivity index is 1.82. The number of nitrogens with zero attached hydrogens (tertiary/aromatic N) is 2. The van der Waals surface area contributed by atoms with Gasteiger partial charge in [-0.1, -0.05) is 6.92 Å². The molecule has 106 valence electrons. The smallest absolute Gasteiger partial charge is 0.0923 e. The van der Waals surface area contributed by atoms with Crippen molar-refractivity contribution in [3.63, 3.8) is 0 Å². The number of hydrogen-bond acceptors (Lipinski definition) is 4. The van der Waals surface area contributed by atoms with Crippen LogP contribution in [0.3, 0.4) is 0 Å². The zero-order valence-corrected chi connectivity index (χ0v) is 11.9. The van der Waals surface area contributed by atoms with Crippen molar-refractivity contribution in [2.24, 2.45) is 11.7 Å². The summed E-state index contributed by atoms with van der Waals surface area (Å²) in [5, 5.41) is 10.5. The maximum absolute atomic E-state index is 10.5. The van der Waals surface area contributed by atoms with Crippen molar-refractivity contribution >= 4 is 0 Å². The average Bonchev–Trinajstić information content (AvgIpc) is 3.11. The van der Waals surface area contributed by atoms with Crippen LogP contribution in [-0.4, -0.2) is 66.3 Å². The van der Waals surface area contributed by atoms with Crippen LogP contribution in [0.25, 0.3) is 0 Å². The third-order valence-corrected chi connectivity index (χ3v) is 4.66. The molecular weight excluding hydrogens is 226 g/mol. The van der Waals surface area contributed by atoms with Crippen LogP contribution in [0.5, 0.6) is 0 Å². The summed E-state index contributed by atoms with van der Waals surface area (Å²) >= 11 is 0. The van der Waals surface area contributed by atoms with Crippen molar-refractivity contribution in [2.75, 3.05) is 39.8 Å². The molecule has 3 N–H and O–H groups in total. The third kappa shape index (κ3) is 3.23. The maximum atomic E-state index is 10.5. The Labute approximate surface area is 111 Å². The van der Waals surface area contributed by atoms with E-state index in [4.69, 9.17) is 5.73 Å². The monoisotopic (exact) mass is 255 g/mol. The number of hydrogen-bond donors (Lipinski definition) is 2. The molecule has 4 nitrogen and oxygen atoms in total. The normalized spacial score (nSPS) is 28.8. The van der Waals surface area contributed by atoms with Crippen molar-refractivity contribution in [1.82, 2.24) is 9.80 Å². The summed E-state index contributed by atoms with van der Waals surface area (Å²) in [6.07, 6.45) is 4.90. The number of likely N-dealkylation sites (N-methyl/N-ethyl adjacent to an activating group) is 2. The fourth-order valence-electron chi connectivity index (χ4n) is 3.39. The van der Waals surface area contributed by atoms with Gasteiger partial charge in [-0.05, 0) is 51.7 Å². The Hall–Kier alpha value is -0.160. The van der Waals surface area contributed by atoms with Crippen molar-refractivity contribution in [3.8, 4) is 0 Å². The first-order valence-electron chi connectivity index (χ1n) is 7.44. The van der Waals surface area contributed by atoms with E-state index in [1.165, 1.54) is 19.4 Å². The van der Waals surface area contributed by atoms with Gasteiger partial charge in [-0.3, -0.25) is 4.90 Å². The summed E-state index contributed by atoms with van der Waals surface area (Å²) in [5.74, 6) is 0.441. The molecule has 4 heteroatoms. The summed E-state index contributed by atoms with van der Waals surface area (Å²) < 4.78 is 0. The SMILES string of the molecule is CCN1CCCC1CN(C)CC(O)(CN)C1CC1. The fraction of sp³-hybridized carbons (Fsp3) is 1.00. The highest BCUT2D eigenvalue weighted by Crippen LogP contribution is 2.39. The second kappa shape index (κ2) is 5.87. The van der Waals surface area contributed by atoms with E-state index in [1.54, 1.807) is 0 Å². The molecule has 2 atom stereocenters. The molecule has 0 aromatic heterocycles. The summed E-state index contributed by atoms with van der Waals surface area (Å²) in [6.45, 7) is 6.79. The van der Waals surface area contributed by atoms with Crippen LogP contribution in [0.2, 0.25) is 0 Å². The van der Waals surface area contributed by atoms with Crippen LogP contribution < -0.4 is 5.73 Å². The Morgan fingerprint density at radius 3 is 2.67 bits per heavy atom. The fourth-order valence-corrected chi connectivity index (χ4v) is 3.39. The van der Waals surface area contributed by atoms with Gasteiger partial charge < -0.3 is 15.7 Å². The maximum Gasteiger partial charge on any atom is 0.0923 e. The summed E-state index contributed by atoms with van der Waals surface area (Å²) in [4.78, 5) is 4.83. The summed E-state index contributed by atoms with van der Waals surface area (Å²) in [7, 11) is 2.12. The van der Waals surface area contributed by atoms with E-state index in [-0.39, 0.29) is 0 Å². The molecule has 0 amide bonds. The quantitative estimate of drug-likeness (QED) is 0.696. The van der Waals surface area contributed by atoms with Gasteiger partial charge in [0, 0.05) is 25.7 Å². The first-order valence-corrected chi connectivity index (χ1v) is 7.44. The zero-order chi connectivity index (χ0) is 13.2. The van der Waals surface area contributed by atoms with E-state index in [2.05, 4.69) is 23.8 Å². The minimum absolute atomic E-state index is 0.393. The number of likely N-dealkylation sites (tertiary alicyclic amines) is 1. The molecule has 2 rings (SSSR count). The molecule has 1 heterocycles. The molecule has 18 heavy (non-hydrogen) atoms. The molecule has 0 spiro atoms. The van der Waals surface area contributed by atoms with Crippen molar-refractivity contribution in [2.45, 2.75) is 44.2 Å². The lowest BCUT2D eigenvalue weighted by Gasteiger charge is -2.34. The summed E-state index contributed by atoms with van der Waals surface area (Å²) in [5.41, 5.74) is 5.12. The predicted octanol–water partition coefficient (Wildman–Crippen LogP) is 0.502. The standard InChI is InChI=1S/C14H29N3O/c1-3-17-8-4-5-13(17)9-16(2)11-14(18,10-15)12-6-7-12/h12-13,18H,3-11,15H2,1-2H3. The highest BCUT2D eigenvalue weighted by molar-refractivity contribution is 4.97. The van der Waals surface area contributed by atoms with Gasteiger partial charge in [-0.25, -0.2) is 0 Å². The van der Waals surface area contributed by atoms with Crippen LogP contribution in [0.1, 0.15) is 32.6 Å². The molecule has 0 bridgehead atoms. The number of nitrogens with two attached hydrogens (primary N) is 1. The first-order chi connectivity index (χ1) is 8.59. The molecular formula is C14H29N3O. The van der Waals surface area contributed by atoms with Gasteiger partial charge in [0.2, 0.25) is 0 Å². The van der Waals surface area contributed by atoms with Crippen molar-refractivity contribution in [1.29, 1.82) is 0 Å². The second-order valence-electron chi connectivity index (χ2n) is 6.20. The Morgan fingerprint density at radius 1 is 1.39 bits per heavy atom. The third-order valence-electron chi connectivity index (χ3n) is 4.66. The van der Waals surface area contributed by atoms with Gasteiger partial charge >= 0.3 is 0 Å². The predicted molar refractivity (Wildman–Crippen MR) is 74.5 cm³/mol. The van der Waals surface area contributed by atoms with E-state index in [9.17, 15) is 5.11 Å².